The maximum atomic E-state index is 13.1. The van der Waals surface area contributed by atoms with E-state index >= 15 is 0 Å². The number of carbonyl (C=O) groups is 2. The fourth-order valence-electron chi connectivity index (χ4n) is 3.36. The van der Waals surface area contributed by atoms with Crippen molar-refractivity contribution in [2.24, 2.45) is 0 Å². The van der Waals surface area contributed by atoms with Crippen molar-refractivity contribution < 1.29 is 14.3 Å². The Labute approximate surface area is 188 Å². The van der Waals surface area contributed by atoms with Gasteiger partial charge in [0.2, 0.25) is 0 Å². The topological polar surface area (TPSA) is 49.9 Å². The van der Waals surface area contributed by atoms with Crippen LogP contribution in [0.3, 0.4) is 0 Å². The van der Waals surface area contributed by atoms with Crippen molar-refractivity contribution in [3.63, 3.8) is 0 Å². The van der Waals surface area contributed by atoms with Gasteiger partial charge < -0.3 is 0 Å². The van der Waals surface area contributed by atoms with Gasteiger partial charge in [-0.05, 0) is 0 Å². The number of benzene rings is 1. The zero-order chi connectivity index (χ0) is 19.1. The second kappa shape index (κ2) is 11.1. The Kier molecular flexibility index (Phi) is 9.49. The molecule has 0 bridgehead atoms. The molecular weight excluding hydrogens is 719 g/mol. The third-order valence-corrected chi connectivity index (χ3v) is 8.61. The first-order valence-corrected chi connectivity index (χ1v) is 14.0. The summed E-state index contributed by atoms with van der Waals surface area (Å²) in [6, 6.07) is 9.64. The van der Waals surface area contributed by atoms with Crippen LogP contribution in [-0.2, 0) is 14.3 Å². The fraction of sp³-hybridized carbons (Fsp3) is 0.579. The quantitative estimate of drug-likeness (QED) is 0.230. The normalized spacial score (nSPS) is 21.0. The standard InChI is InChI=1S/C19H26N2O3.2Pb/c1-4-5-11-20(2)16-13-17(19(23)24-3)21(14-16)18(22)12-15-9-7-6-8-10-15;;/h6-10,12,16-17H,1,4-5,11,13-14H2,2-3H3;;. The minimum absolute atomic E-state index is 0.0636. The predicted molar refractivity (Wildman–Crippen MR) is 103 cm³/mol. The molecule has 5 nitrogen and oxygen atoms in total. The first-order valence-electron chi connectivity index (χ1n) is 8.98. The fourth-order valence-corrected chi connectivity index (χ4v) is 5.72. The number of likely N-dealkylation sites (N-methyl/N-ethyl adjacent to an activating group) is 1. The monoisotopic (exact) mass is 746 g/mol. The molecule has 0 aliphatic carbocycles. The van der Waals surface area contributed by atoms with E-state index in [4.69, 9.17) is 4.74 Å². The number of hydrogen-bond donors (Lipinski definition) is 0. The van der Waals surface area contributed by atoms with Crippen LogP contribution in [0.5, 0.6) is 0 Å². The van der Waals surface area contributed by atoms with E-state index in [1.165, 1.54) is 49.7 Å². The summed E-state index contributed by atoms with van der Waals surface area (Å²) in [5, 5.41) is 0. The van der Waals surface area contributed by atoms with Crippen LogP contribution in [-0.4, -0.2) is 113 Å². The van der Waals surface area contributed by atoms with Crippen molar-refractivity contribution in [3.8, 4) is 0 Å². The van der Waals surface area contributed by atoms with Crippen LogP contribution in [0.4, 0.5) is 0 Å². The molecule has 0 spiro atoms. The number of unbranched alkanes of at least 4 members (excludes halogenated alkanes) is 1. The second-order valence-electron chi connectivity index (χ2n) is 6.70. The SMILES string of the molecule is COC(=O)C1CC(N(C)CCC[CH2][Pb])CN1C(=O)[CH]([Pb])c1ccccc1. The number of likely N-dealkylation sites (tertiary alicyclic amines) is 1. The van der Waals surface area contributed by atoms with E-state index in [1.54, 1.807) is 4.90 Å². The Morgan fingerprint density at radius 3 is 2.62 bits per heavy atom. The molecule has 6 radical (unpaired) electrons. The van der Waals surface area contributed by atoms with Crippen LogP contribution >= 0.6 is 0 Å². The number of rotatable bonds is 8. The molecule has 1 aliphatic heterocycles. The van der Waals surface area contributed by atoms with E-state index in [2.05, 4.69) is 11.9 Å². The van der Waals surface area contributed by atoms with Gasteiger partial charge in [0.25, 0.3) is 0 Å². The molecule has 1 aliphatic rings. The van der Waals surface area contributed by atoms with Gasteiger partial charge in [-0.3, -0.25) is 0 Å². The zero-order valence-corrected chi connectivity index (χ0v) is 23.3. The van der Waals surface area contributed by atoms with Crippen molar-refractivity contribution in [1.82, 2.24) is 9.80 Å². The van der Waals surface area contributed by atoms with Gasteiger partial charge >= 0.3 is 189 Å². The molecule has 7 heteroatoms. The molecule has 0 aromatic heterocycles. The summed E-state index contributed by atoms with van der Waals surface area (Å²) in [5.74, 6) is -0.232. The molecule has 3 unspecified atom stereocenters. The number of ether oxygens (including phenoxy) is 1. The molecule has 2 rings (SSSR count). The first-order chi connectivity index (χ1) is 12.5. The van der Waals surface area contributed by atoms with Crippen LogP contribution in [0.2, 0.25) is 3.98 Å². The van der Waals surface area contributed by atoms with E-state index in [0.717, 1.165) is 37.9 Å². The van der Waals surface area contributed by atoms with Gasteiger partial charge in [0, 0.05) is 0 Å². The van der Waals surface area contributed by atoms with Gasteiger partial charge in [0.1, 0.15) is 0 Å². The number of methoxy groups -OCH3 is 1. The van der Waals surface area contributed by atoms with Crippen molar-refractivity contribution in [2.75, 3.05) is 27.2 Å². The van der Waals surface area contributed by atoms with Crippen molar-refractivity contribution in [2.45, 2.75) is 38.8 Å². The van der Waals surface area contributed by atoms with Crippen molar-refractivity contribution >= 4 is 63.4 Å². The number of amides is 1. The first kappa shape index (κ1) is 22.3. The second-order valence-corrected chi connectivity index (χ2v) is 10.9. The predicted octanol–water partition coefficient (Wildman–Crippen LogP) is 1.34. The third-order valence-electron chi connectivity index (χ3n) is 4.98. The van der Waals surface area contributed by atoms with Gasteiger partial charge in [-0.1, -0.05) is 0 Å². The Morgan fingerprint density at radius 1 is 1.31 bits per heavy atom. The summed E-state index contributed by atoms with van der Waals surface area (Å²) in [6.07, 6.45) is 3.11. The number of carbonyl (C=O) groups excluding carboxylic acids is 2. The van der Waals surface area contributed by atoms with Crippen LogP contribution in [0.15, 0.2) is 30.3 Å². The summed E-state index contributed by atoms with van der Waals surface area (Å²) in [4.78, 5) is 29.5. The van der Waals surface area contributed by atoms with E-state index < -0.39 is 6.04 Å². The van der Waals surface area contributed by atoms with E-state index in [1.807, 2.05) is 30.3 Å². The molecule has 1 amide bonds. The molecule has 26 heavy (non-hydrogen) atoms. The van der Waals surface area contributed by atoms with Gasteiger partial charge in [-0.25, -0.2) is 0 Å². The Bertz CT molecular complexity index is 600. The molecule has 0 N–H and O–H groups in total. The molecule has 3 atom stereocenters. The van der Waals surface area contributed by atoms with Gasteiger partial charge in [0.15, 0.2) is 0 Å². The molecule has 1 aromatic carbocycles. The van der Waals surface area contributed by atoms with Crippen LogP contribution in [0.1, 0.15) is 28.3 Å². The van der Waals surface area contributed by atoms with Crippen molar-refractivity contribution in [1.29, 1.82) is 0 Å². The molecule has 0 saturated carbocycles. The number of hydrogen-bond acceptors (Lipinski definition) is 4. The zero-order valence-electron chi connectivity index (χ0n) is 15.5. The molecular formula is C19H26N2O3Pb2. The molecule has 1 saturated heterocycles. The average Bonchev–Trinajstić information content (AvgIpc) is 3.12. The van der Waals surface area contributed by atoms with Crippen LogP contribution < -0.4 is 0 Å². The van der Waals surface area contributed by atoms with Crippen LogP contribution in [0, 0.1) is 0 Å². The Morgan fingerprint density at radius 2 is 2.00 bits per heavy atom. The maximum absolute atomic E-state index is 13.1. The summed E-state index contributed by atoms with van der Waals surface area (Å²) < 4.78 is 6.19. The summed E-state index contributed by atoms with van der Waals surface area (Å²) >= 11 is 1.98. The van der Waals surface area contributed by atoms with Gasteiger partial charge in [-0.2, -0.15) is 0 Å². The van der Waals surface area contributed by atoms with E-state index in [-0.39, 0.29) is 21.4 Å². The average molecular weight is 745 g/mol. The molecule has 1 fully saturated rings. The van der Waals surface area contributed by atoms with E-state index in [9.17, 15) is 9.59 Å². The van der Waals surface area contributed by atoms with Crippen LogP contribution in [0.25, 0.3) is 0 Å². The van der Waals surface area contributed by atoms with Crippen molar-refractivity contribution in [3.05, 3.63) is 35.9 Å². The summed E-state index contributed by atoms with van der Waals surface area (Å²) in [7, 11) is 3.51. The third kappa shape index (κ3) is 5.73. The Balaban J connectivity index is 2.10. The summed E-state index contributed by atoms with van der Waals surface area (Å²) in [6.45, 7) is 1.63. The van der Waals surface area contributed by atoms with Gasteiger partial charge in [0.05, 0.1) is 0 Å². The summed E-state index contributed by atoms with van der Waals surface area (Å²) in [5.41, 5.74) is 1.04. The van der Waals surface area contributed by atoms with Gasteiger partial charge in [-0.15, -0.1) is 0 Å². The molecule has 1 heterocycles. The number of esters is 1. The minimum atomic E-state index is -0.460. The number of nitrogens with zero attached hydrogens (tertiary/aromatic N) is 2. The Hall–Kier alpha value is -0.0358. The molecule has 1 aromatic rings. The molecule has 138 valence electrons. The van der Waals surface area contributed by atoms with E-state index in [0.29, 0.717) is 13.0 Å².